The molecule has 0 aliphatic carbocycles. The van der Waals surface area contributed by atoms with Gasteiger partial charge < -0.3 is 10.0 Å². The molecule has 1 amide bonds. The number of carboxylic acid groups (broad SMARTS) is 1. The molecule has 1 aliphatic heterocycles. The van der Waals surface area contributed by atoms with Crippen molar-refractivity contribution in [2.24, 2.45) is 5.92 Å². The van der Waals surface area contributed by atoms with Crippen molar-refractivity contribution in [1.29, 1.82) is 0 Å². The minimum atomic E-state index is -3.18. The molecule has 0 saturated carbocycles. The summed E-state index contributed by atoms with van der Waals surface area (Å²) in [5.74, 6) is -5.42. The van der Waals surface area contributed by atoms with Crippen LogP contribution in [0.1, 0.15) is 18.4 Å². The summed E-state index contributed by atoms with van der Waals surface area (Å²) in [6, 6.07) is 7.22. The molecule has 1 aliphatic rings. The SMILES string of the molecule is O=C(O)C1CCC(=O)N(CC(F)(F)c2ccccc2)C1. The highest BCUT2D eigenvalue weighted by atomic mass is 19.3. The topological polar surface area (TPSA) is 57.6 Å². The predicted molar refractivity (Wildman–Crippen MR) is 67.3 cm³/mol. The molecule has 0 bridgehead atoms. The van der Waals surface area contributed by atoms with E-state index in [2.05, 4.69) is 0 Å². The van der Waals surface area contributed by atoms with Crippen molar-refractivity contribution in [2.45, 2.75) is 18.8 Å². The lowest BCUT2D eigenvalue weighted by Crippen LogP contribution is -2.47. The number of aliphatic carboxylic acids is 1. The molecule has 0 spiro atoms. The van der Waals surface area contributed by atoms with Crippen LogP contribution in [-0.4, -0.2) is 35.0 Å². The van der Waals surface area contributed by atoms with Gasteiger partial charge in [0.15, 0.2) is 0 Å². The number of carbonyl (C=O) groups is 2. The molecular weight excluding hydrogens is 268 g/mol. The van der Waals surface area contributed by atoms with Gasteiger partial charge in [-0.15, -0.1) is 0 Å². The van der Waals surface area contributed by atoms with Gasteiger partial charge in [0.05, 0.1) is 12.5 Å². The fourth-order valence-electron chi connectivity index (χ4n) is 2.28. The third-order valence-corrected chi connectivity index (χ3v) is 3.43. The number of halogens is 2. The van der Waals surface area contributed by atoms with Crippen LogP contribution in [0.3, 0.4) is 0 Å². The summed E-state index contributed by atoms with van der Waals surface area (Å²) in [5, 5.41) is 8.93. The Balaban J connectivity index is 2.11. The van der Waals surface area contributed by atoms with Crippen LogP contribution in [0.25, 0.3) is 0 Å². The van der Waals surface area contributed by atoms with Crippen LogP contribution in [-0.2, 0) is 15.5 Å². The van der Waals surface area contributed by atoms with E-state index in [9.17, 15) is 18.4 Å². The predicted octanol–water partition coefficient (Wildman–Crippen LogP) is 2.10. The van der Waals surface area contributed by atoms with Crippen LogP contribution >= 0.6 is 0 Å². The second-order valence-electron chi connectivity index (χ2n) is 4.92. The minimum absolute atomic E-state index is 0.00182. The van der Waals surface area contributed by atoms with Gasteiger partial charge >= 0.3 is 5.97 Å². The number of nitrogens with zero attached hydrogens (tertiary/aromatic N) is 1. The number of carboxylic acids is 1. The summed E-state index contributed by atoms with van der Waals surface area (Å²) in [7, 11) is 0. The lowest BCUT2D eigenvalue weighted by Gasteiger charge is -2.33. The molecule has 6 heteroatoms. The standard InChI is InChI=1S/C14H15F2NO3/c15-14(16,11-4-2-1-3-5-11)9-17-8-10(13(19)20)6-7-12(17)18/h1-5,10H,6-9H2,(H,19,20). The fraction of sp³-hybridized carbons (Fsp3) is 0.429. The Morgan fingerprint density at radius 1 is 1.35 bits per heavy atom. The van der Waals surface area contributed by atoms with Crippen LogP contribution in [0.15, 0.2) is 30.3 Å². The number of likely N-dealkylation sites (tertiary alicyclic amines) is 1. The van der Waals surface area contributed by atoms with Crippen LogP contribution in [0.5, 0.6) is 0 Å². The molecule has 108 valence electrons. The quantitative estimate of drug-likeness (QED) is 0.920. The molecule has 1 aromatic carbocycles. The molecule has 4 nitrogen and oxygen atoms in total. The summed E-state index contributed by atoms with van der Waals surface area (Å²) in [6.07, 6.45) is 0.212. The van der Waals surface area contributed by atoms with Crippen molar-refractivity contribution in [3.8, 4) is 0 Å². The second-order valence-corrected chi connectivity index (χ2v) is 4.92. The molecule has 1 N–H and O–H groups in total. The zero-order chi connectivity index (χ0) is 14.8. The average Bonchev–Trinajstić information content (AvgIpc) is 2.42. The van der Waals surface area contributed by atoms with Crippen molar-refractivity contribution in [3.63, 3.8) is 0 Å². The van der Waals surface area contributed by atoms with Crippen LogP contribution in [0, 0.1) is 5.92 Å². The summed E-state index contributed by atoms with van der Waals surface area (Å²) in [5.41, 5.74) is -0.176. The lowest BCUT2D eigenvalue weighted by atomic mass is 9.97. The molecule has 1 atom stereocenters. The van der Waals surface area contributed by atoms with Gasteiger partial charge in [0.1, 0.15) is 0 Å². The first-order valence-corrected chi connectivity index (χ1v) is 6.34. The second kappa shape index (κ2) is 5.56. The van der Waals surface area contributed by atoms with E-state index in [1.165, 1.54) is 24.3 Å². The van der Waals surface area contributed by atoms with Crippen LogP contribution in [0.4, 0.5) is 8.78 Å². The number of benzene rings is 1. The Morgan fingerprint density at radius 2 is 2.00 bits per heavy atom. The zero-order valence-corrected chi connectivity index (χ0v) is 10.8. The number of piperidine rings is 1. The highest BCUT2D eigenvalue weighted by Gasteiger charge is 2.39. The van der Waals surface area contributed by atoms with Crippen molar-refractivity contribution < 1.29 is 23.5 Å². The first-order chi connectivity index (χ1) is 9.40. The van der Waals surface area contributed by atoms with E-state index in [0.717, 1.165) is 4.90 Å². The van der Waals surface area contributed by atoms with Gasteiger partial charge in [-0.25, -0.2) is 0 Å². The third-order valence-electron chi connectivity index (χ3n) is 3.43. The summed E-state index contributed by atoms with van der Waals surface area (Å²) in [6.45, 7) is -0.934. The van der Waals surface area contributed by atoms with E-state index in [1.54, 1.807) is 6.07 Å². The average molecular weight is 283 g/mol. The van der Waals surface area contributed by atoms with Crippen molar-refractivity contribution in [1.82, 2.24) is 4.90 Å². The molecule has 1 fully saturated rings. The summed E-state index contributed by atoms with van der Waals surface area (Å²) >= 11 is 0. The van der Waals surface area contributed by atoms with Gasteiger partial charge in [-0.3, -0.25) is 9.59 Å². The Bertz CT molecular complexity index is 504. The van der Waals surface area contributed by atoms with E-state index < -0.39 is 30.3 Å². The number of carbonyl (C=O) groups excluding carboxylic acids is 1. The molecule has 1 heterocycles. The van der Waals surface area contributed by atoms with Gasteiger partial charge in [-0.05, 0) is 6.42 Å². The molecular formula is C14H15F2NO3. The Kier molecular flexibility index (Phi) is 4.01. The van der Waals surface area contributed by atoms with Gasteiger partial charge in [-0.2, -0.15) is 8.78 Å². The van der Waals surface area contributed by atoms with E-state index in [4.69, 9.17) is 5.11 Å². The fourth-order valence-corrected chi connectivity index (χ4v) is 2.28. The molecule has 1 aromatic rings. The van der Waals surface area contributed by atoms with Gasteiger partial charge in [0, 0.05) is 18.5 Å². The number of rotatable bonds is 4. The molecule has 20 heavy (non-hydrogen) atoms. The molecule has 2 rings (SSSR count). The monoisotopic (exact) mass is 283 g/mol. The molecule has 0 radical (unpaired) electrons. The van der Waals surface area contributed by atoms with Gasteiger partial charge in [0.2, 0.25) is 5.91 Å². The maximum atomic E-state index is 14.1. The normalized spacial score (nSPS) is 20.0. The Hall–Kier alpha value is -1.98. The van der Waals surface area contributed by atoms with E-state index in [-0.39, 0.29) is 24.9 Å². The lowest BCUT2D eigenvalue weighted by molar-refractivity contribution is -0.151. The highest BCUT2D eigenvalue weighted by molar-refractivity contribution is 5.80. The summed E-state index contributed by atoms with van der Waals surface area (Å²) in [4.78, 5) is 23.5. The van der Waals surface area contributed by atoms with E-state index in [0.29, 0.717) is 0 Å². The smallest absolute Gasteiger partial charge is 0.308 e. The van der Waals surface area contributed by atoms with Crippen LogP contribution in [0.2, 0.25) is 0 Å². The Morgan fingerprint density at radius 3 is 2.60 bits per heavy atom. The number of hydrogen-bond acceptors (Lipinski definition) is 2. The maximum absolute atomic E-state index is 14.1. The first kappa shape index (κ1) is 14.4. The largest absolute Gasteiger partial charge is 0.481 e. The zero-order valence-electron chi connectivity index (χ0n) is 10.8. The number of hydrogen-bond donors (Lipinski definition) is 1. The number of amides is 1. The molecule has 1 saturated heterocycles. The highest BCUT2D eigenvalue weighted by Crippen LogP contribution is 2.30. The van der Waals surface area contributed by atoms with Crippen LogP contribution < -0.4 is 0 Å². The first-order valence-electron chi connectivity index (χ1n) is 6.34. The van der Waals surface area contributed by atoms with Gasteiger partial charge in [-0.1, -0.05) is 30.3 Å². The van der Waals surface area contributed by atoms with Gasteiger partial charge in [0.25, 0.3) is 5.92 Å². The van der Waals surface area contributed by atoms with Crippen molar-refractivity contribution in [3.05, 3.63) is 35.9 Å². The summed E-state index contributed by atoms with van der Waals surface area (Å²) < 4.78 is 28.2. The van der Waals surface area contributed by atoms with E-state index in [1.807, 2.05) is 0 Å². The van der Waals surface area contributed by atoms with E-state index >= 15 is 0 Å². The Labute approximate surface area is 115 Å². The minimum Gasteiger partial charge on any atom is -0.481 e. The number of alkyl halides is 2. The molecule has 1 unspecified atom stereocenters. The van der Waals surface area contributed by atoms with Crippen molar-refractivity contribution in [2.75, 3.05) is 13.1 Å². The van der Waals surface area contributed by atoms with Crippen molar-refractivity contribution >= 4 is 11.9 Å². The maximum Gasteiger partial charge on any atom is 0.308 e. The third kappa shape index (κ3) is 3.12. The molecule has 0 aromatic heterocycles.